The van der Waals surface area contributed by atoms with E-state index in [0.29, 0.717) is 13.2 Å². The molecule has 1 saturated heterocycles. The van der Waals surface area contributed by atoms with Gasteiger partial charge < -0.3 is 19.4 Å². The van der Waals surface area contributed by atoms with Crippen LogP contribution in [0.15, 0.2) is 18.3 Å². The molecule has 0 bridgehead atoms. The van der Waals surface area contributed by atoms with E-state index < -0.39 is 11.6 Å². The molecule has 1 fully saturated rings. The Morgan fingerprint density at radius 1 is 1.40 bits per heavy atom. The third-order valence-electron chi connectivity index (χ3n) is 4.81. The Morgan fingerprint density at radius 2 is 2.16 bits per heavy atom. The highest BCUT2D eigenvalue weighted by Crippen LogP contribution is 2.25. The van der Waals surface area contributed by atoms with Crippen molar-refractivity contribution in [3.8, 4) is 0 Å². The average molecular weight is 344 g/mol. The van der Waals surface area contributed by atoms with Crippen molar-refractivity contribution in [3.63, 3.8) is 0 Å². The topological polar surface area (TPSA) is 58.9 Å². The molecule has 3 heterocycles. The lowest BCUT2D eigenvalue weighted by Crippen LogP contribution is -2.50. The van der Waals surface area contributed by atoms with Gasteiger partial charge in [0.25, 0.3) is 5.91 Å². The largest absolute Gasteiger partial charge is 0.367 e. The second-order valence-corrected chi connectivity index (χ2v) is 7.52. The quantitative estimate of drug-likeness (QED) is 0.925. The Balaban J connectivity index is 1.87. The highest BCUT2D eigenvalue weighted by atomic mass is 16.5. The summed E-state index contributed by atoms with van der Waals surface area (Å²) in [6.45, 7) is 10.2. The molecule has 0 aliphatic carbocycles. The number of fused-ring (bicyclic) bond motifs is 1. The fourth-order valence-corrected chi connectivity index (χ4v) is 3.55. The summed E-state index contributed by atoms with van der Waals surface area (Å²) in [4.78, 5) is 19.7. The lowest BCUT2D eigenvalue weighted by Gasteiger charge is -2.28. The third-order valence-corrected chi connectivity index (χ3v) is 4.81. The number of hydrogen-bond acceptors (Lipinski definition) is 4. The zero-order chi connectivity index (χ0) is 18.2. The molecule has 6 nitrogen and oxygen atoms in total. The van der Waals surface area contributed by atoms with Crippen molar-refractivity contribution in [1.82, 2.24) is 19.6 Å². The summed E-state index contributed by atoms with van der Waals surface area (Å²) in [5.74, 6) is 0.750. The molecule has 0 aromatic carbocycles. The minimum atomic E-state index is -0.601. The first-order chi connectivity index (χ1) is 11.8. The van der Waals surface area contributed by atoms with Crippen LogP contribution in [0.3, 0.4) is 0 Å². The molecule has 2 aromatic heterocycles. The number of amides is 1. The zero-order valence-electron chi connectivity index (χ0n) is 15.8. The SMILES string of the molecule is Cc1cccn2c(C(C)(C)NC(=O)C3CN(C)CCCO3)nc(C)c12. The predicted molar refractivity (Wildman–Crippen MR) is 97.7 cm³/mol. The minimum absolute atomic E-state index is 0.0826. The highest BCUT2D eigenvalue weighted by molar-refractivity contribution is 5.82. The number of pyridine rings is 1. The fraction of sp³-hybridized carbons (Fsp3) is 0.579. The van der Waals surface area contributed by atoms with Gasteiger partial charge in [0.05, 0.1) is 16.7 Å². The summed E-state index contributed by atoms with van der Waals surface area (Å²) in [6.07, 6.45) is 2.51. The van der Waals surface area contributed by atoms with Gasteiger partial charge in [0.15, 0.2) is 0 Å². The molecule has 1 atom stereocenters. The Bertz CT molecular complexity index is 781. The Hall–Kier alpha value is -1.92. The molecule has 0 radical (unpaired) electrons. The monoisotopic (exact) mass is 344 g/mol. The lowest BCUT2D eigenvalue weighted by molar-refractivity contribution is -0.134. The van der Waals surface area contributed by atoms with E-state index >= 15 is 0 Å². The average Bonchev–Trinajstić information content (AvgIpc) is 2.74. The Morgan fingerprint density at radius 3 is 2.92 bits per heavy atom. The van der Waals surface area contributed by atoms with E-state index in [1.165, 1.54) is 5.56 Å². The van der Waals surface area contributed by atoms with Gasteiger partial charge in [0, 0.05) is 25.9 Å². The maximum Gasteiger partial charge on any atom is 0.251 e. The van der Waals surface area contributed by atoms with Crippen LogP contribution in [0.4, 0.5) is 0 Å². The third kappa shape index (κ3) is 3.55. The van der Waals surface area contributed by atoms with Crippen LogP contribution in [0.1, 0.15) is 37.4 Å². The van der Waals surface area contributed by atoms with Crippen molar-refractivity contribution in [3.05, 3.63) is 35.4 Å². The smallest absolute Gasteiger partial charge is 0.251 e. The molecule has 136 valence electrons. The van der Waals surface area contributed by atoms with E-state index in [2.05, 4.69) is 27.6 Å². The van der Waals surface area contributed by atoms with Crippen molar-refractivity contribution in [2.45, 2.75) is 45.8 Å². The van der Waals surface area contributed by atoms with Gasteiger partial charge in [0.2, 0.25) is 0 Å². The number of aryl methyl sites for hydroxylation is 2. The molecular formula is C19H28N4O2. The Labute approximate surface area is 149 Å². The maximum absolute atomic E-state index is 12.8. The number of imidazole rings is 1. The van der Waals surface area contributed by atoms with Gasteiger partial charge in [-0.3, -0.25) is 4.79 Å². The number of nitrogens with one attached hydrogen (secondary N) is 1. The standard InChI is InChI=1S/C19H28N4O2/c1-13-8-6-10-23-16(13)14(2)20-18(23)19(3,4)21-17(24)15-12-22(5)9-7-11-25-15/h6,8,10,15H,7,9,11-12H2,1-5H3,(H,21,24). The van der Waals surface area contributed by atoms with Crippen LogP contribution in [-0.4, -0.2) is 53.0 Å². The molecule has 6 heteroatoms. The first-order valence-corrected chi connectivity index (χ1v) is 8.86. The molecule has 1 amide bonds. The van der Waals surface area contributed by atoms with Gasteiger partial charge in [-0.05, 0) is 52.8 Å². The summed E-state index contributed by atoms with van der Waals surface area (Å²) >= 11 is 0. The van der Waals surface area contributed by atoms with Crippen LogP contribution in [0, 0.1) is 13.8 Å². The number of ether oxygens (including phenoxy) is 1. The molecule has 25 heavy (non-hydrogen) atoms. The second-order valence-electron chi connectivity index (χ2n) is 7.52. The van der Waals surface area contributed by atoms with Gasteiger partial charge in [-0.2, -0.15) is 0 Å². The van der Waals surface area contributed by atoms with E-state index in [9.17, 15) is 4.79 Å². The molecular weight excluding hydrogens is 316 g/mol. The van der Waals surface area contributed by atoms with Gasteiger partial charge in [-0.15, -0.1) is 0 Å². The Kier molecular flexibility index (Phi) is 4.84. The fourth-order valence-electron chi connectivity index (χ4n) is 3.55. The van der Waals surface area contributed by atoms with E-state index in [1.807, 2.05) is 40.1 Å². The number of aromatic nitrogens is 2. The van der Waals surface area contributed by atoms with Crippen molar-refractivity contribution in [2.75, 3.05) is 26.7 Å². The number of hydrogen-bond donors (Lipinski definition) is 1. The van der Waals surface area contributed by atoms with Crippen LogP contribution >= 0.6 is 0 Å². The van der Waals surface area contributed by atoms with Crippen LogP contribution in [0.25, 0.3) is 5.52 Å². The first kappa shape index (κ1) is 17.9. The van der Waals surface area contributed by atoms with Gasteiger partial charge in [-0.1, -0.05) is 6.07 Å². The van der Waals surface area contributed by atoms with Crippen molar-refractivity contribution < 1.29 is 9.53 Å². The van der Waals surface area contributed by atoms with Crippen molar-refractivity contribution in [2.24, 2.45) is 0 Å². The van der Waals surface area contributed by atoms with Crippen LogP contribution in [-0.2, 0) is 15.1 Å². The number of carbonyl (C=O) groups excluding carboxylic acids is 1. The molecule has 1 N–H and O–H groups in total. The molecule has 0 saturated carbocycles. The molecule has 3 rings (SSSR count). The maximum atomic E-state index is 12.8. The van der Waals surface area contributed by atoms with E-state index in [0.717, 1.165) is 30.0 Å². The number of carbonyl (C=O) groups is 1. The van der Waals surface area contributed by atoms with Crippen LogP contribution < -0.4 is 5.32 Å². The second kappa shape index (κ2) is 6.77. The van der Waals surface area contributed by atoms with Crippen LogP contribution in [0.2, 0.25) is 0 Å². The van der Waals surface area contributed by atoms with Crippen molar-refractivity contribution >= 4 is 11.4 Å². The summed E-state index contributed by atoms with van der Waals surface area (Å²) in [5, 5.41) is 3.14. The first-order valence-electron chi connectivity index (χ1n) is 8.86. The van der Waals surface area contributed by atoms with Gasteiger partial charge in [-0.25, -0.2) is 4.98 Å². The van der Waals surface area contributed by atoms with Gasteiger partial charge in [0.1, 0.15) is 11.9 Å². The van der Waals surface area contributed by atoms with Crippen LogP contribution in [0.5, 0.6) is 0 Å². The van der Waals surface area contributed by atoms with Crippen molar-refractivity contribution in [1.29, 1.82) is 0 Å². The summed E-state index contributed by atoms with van der Waals surface area (Å²) in [6, 6.07) is 4.09. The number of nitrogens with zero attached hydrogens (tertiary/aromatic N) is 3. The minimum Gasteiger partial charge on any atom is -0.367 e. The summed E-state index contributed by atoms with van der Waals surface area (Å²) < 4.78 is 7.82. The molecule has 1 aliphatic heterocycles. The molecule has 1 unspecified atom stereocenters. The molecule has 0 spiro atoms. The predicted octanol–water partition coefficient (Wildman–Crippen LogP) is 2.02. The number of rotatable bonds is 3. The normalized spacial score (nSPS) is 19.8. The number of likely N-dealkylation sites (N-methyl/N-ethyl adjacent to an activating group) is 1. The van der Waals surface area contributed by atoms with E-state index in [-0.39, 0.29) is 5.91 Å². The molecule has 2 aromatic rings. The van der Waals surface area contributed by atoms with Gasteiger partial charge >= 0.3 is 0 Å². The summed E-state index contributed by atoms with van der Waals surface area (Å²) in [7, 11) is 2.02. The van der Waals surface area contributed by atoms with E-state index in [4.69, 9.17) is 9.72 Å². The summed E-state index contributed by atoms with van der Waals surface area (Å²) in [5.41, 5.74) is 2.65. The highest BCUT2D eigenvalue weighted by Gasteiger charge is 2.32. The molecule has 1 aliphatic rings. The zero-order valence-corrected chi connectivity index (χ0v) is 15.8. The van der Waals surface area contributed by atoms with E-state index in [1.54, 1.807) is 0 Å². The lowest BCUT2D eigenvalue weighted by atomic mass is 10.0.